The lowest BCUT2D eigenvalue weighted by molar-refractivity contribution is -0.181. The number of benzene rings is 1. The van der Waals surface area contributed by atoms with Gasteiger partial charge in [-0.2, -0.15) is 0 Å². The average molecular weight is 262 g/mol. The zero-order chi connectivity index (χ0) is 13.3. The number of piperidine rings is 1. The summed E-state index contributed by atoms with van der Waals surface area (Å²) in [6.07, 6.45) is 1.46. The Hall–Kier alpha value is -1.59. The molecule has 2 saturated heterocycles. The van der Waals surface area contributed by atoms with Crippen LogP contribution >= 0.6 is 0 Å². The molecule has 0 aromatic heterocycles. The Morgan fingerprint density at radius 2 is 1.79 bits per heavy atom. The summed E-state index contributed by atoms with van der Waals surface area (Å²) in [7, 11) is 0. The number of carbonyl (C=O) groups is 1. The van der Waals surface area contributed by atoms with Gasteiger partial charge in [-0.05, 0) is 12.1 Å². The number of likely N-dealkylation sites (tertiary alicyclic amines) is 1. The van der Waals surface area contributed by atoms with Crippen molar-refractivity contribution in [3.8, 4) is 0 Å². The maximum Gasteiger partial charge on any atom is 0.255 e. The van der Waals surface area contributed by atoms with Crippen LogP contribution in [0.2, 0.25) is 0 Å². The largest absolute Gasteiger partial charge is 0.398 e. The van der Waals surface area contributed by atoms with Gasteiger partial charge in [-0.15, -0.1) is 0 Å². The third kappa shape index (κ3) is 2.31. The Labute approximate surface area is 112 Å². The average Bonchev–Trinajstić information content (AvgIpc) is 2.88. The van der Waals surface area contributed by atoms with Gasteiger partial charge < -0.3 is 20.1 Å². The van der Waals surface area contributed by atoms with Crippen LogP contribution in [0, 0.1) is 0 Å². The fourth-order valence-electron chi connectivity index (χ4n) is 2.70. The highest BCUT2D eigenvalue weighted by molar-refractivity contribution is 5.99. The van der Waals surface area contributed by atoms with Crippen LogP contribution in [0.4, 0.5) is 5.69 Å². The quantitative estimate of drug-likeness (QED) is 0.774. The molecule has 19 heavy (non-hydrogen) atoms. The van der Waals surface area contributed by atoms with Crippen LogP contribution in [-0.4, -0.2) is 42.9 Å². The van der Waals surface area contributed by atoms with Gasteiger partial charge >= 0.3 is 0 Å². The third-order valence-corrected chi connectivity index (χ3v) is 3.82. The fourth-order valence-corrected chi connectivity index (χ4v) is 2.70. The lowest BCUT2D eigenvalue weighted by atomic mass is 10.0. The first-order valence-corrected chi connectivity index (χ1v) is 6.62. The molecule has 5 nitrogen and oxygen atoms in total. The minimum Gasteiger partial charge on any atom is -0.398 e. The van der Waals surface area contributed by atoms with Crippen LogP contribution in [0.15, 0.2) is 24.3 Å². The molecule has 2 heterocycles. The molecule has 0 aliphatic carbocycles. The second-order valence-corrected chi connectivity index (χ2v) is 4.99. The van der Waals surface area contributed by atoms with Crippen LogP contribution < -0.4 is 5.73 Å². The molecule has 2 fully saturated rings. The van der Waals surface area contributed by atoms with E-state index in [1.54, 1.807) is 12.1 Å². The summed E-state index contributed by atoms with van der Waals surface area (Å²) in [4.78, 5) is 14.2. The van der Waals surface area contributed by atoms with Crippen molar-refractivity contribution in [3.05, 3.63) is 29.8 Å². The first-order valence-electron chi connectivity index (χ1n) is 6.62. The highest BCUT2D eigenvalue weighted by atomic mass is 16.7. The number of hydrogen-bond donors (Lipinski definition) is 1. The number of nitrogens with zero attached hydrogens (tertiary/aromatic N) is 1. The molecule has 0 bridgehead atoms. The van der Waals surface area contributed by atoms with E-state index >= 15 is 0 Å². The number of carbonyl (C=O) groups excluding carboxylic acids is 1. The molecule has 0 atom stereocenters. The van der Waals surface area contributed by atoms with Crippen LogP contribution in [0.25, 0.3) is 0 Å². The highest BCUT2D eigenvalue weighted by Crippen LogP contribution is 2.32. The molecule has 1 aromatic carbocycles. The van der Waals surface area contributed by atoms with Crippen molar-refractivity contribution < 1.29 is 14.3 Å². The normalized spacial score (nSPS) is 21.8. The molecule has 2 aliphatic rings. The lowest BCUT2D eigenvalue weighted by Crippen LogP contribution is -2.47. The number of rotatable bonds is 1. The molecule has 3 rings (SSSR count). The zero-order valence-corrected chi connectivity index (χ0v) is 10.8. The molecule has 0 radical (unpaired) electrons. The predicted octanol–water partition coefficient (Wildman–Crippen LogP) is 1.25. The minimum atomic E-state index is -0.445. The van der Waals surface area contributed by atoms with Crippen LogP contribution in [-0.2, 0) is 9.47 Å². The number of hydrogen-bond acceptors (Lipinski definition) is 4. The van der Waals surface area contributed by atoms with Gasteiger partial charge in [-0.3, -0.25) is 4.79 Å². The van der Waals surface area contributed by atoms with Gasteiger partial charge in [0.25, 0.3) is 5.91 Å². The lowest BCUT2D eigenvalue weighted by Gasteiger charge is -2.37. The number of nitrogens with two attached hydrogens (primary N) is 1. The number of ether oxygens (including phenoxy) is 2. The Balaban J connectivity index is 1.68. The maximum absolute atomic E-state index is 12.4. The molecule has 102 valence electrons. The van der Waals surface area contributed by atoms with E-state index in [2.05, 4.69) is 0 Å². The highest BCUT2D eigenvalue weighted by Gasteiger charge is 2.40. The van der Waals surface area contributed by atoms with E-state index in [0.29, 0.717) is 37.6 Å². The second-order valence-electron chi connectivity index (χ2n) is 4.99. The molecule has 2 aliphatic heterocycles. The van der Waals surface area contributed by atoms with Crippen molar-refractivity contribution >= 4 is 11.6 Å². The van der Waals surface area contributed by atoms with Gasteiger partial charge in [-0.1, -0.05) is 12.1 Å². The molecule has 1 aromatic rings. The first kappa shape index (κ1) is 12.4. The number of para-hydroxylation sites is 1. The number of amides is 1. The summed E-state index contributed by atoms with van der Waals surface area (Å²) in [5.41, 5.74) is 6.95. The van der Waals surface area contributed by atoms with Crippen molar-refractivity contribution in [2.45, 2.75) is 18.6 Å². The minimum absolute atomic E-state index is 0.00838. The van der Waals surface area contributed by atoms with E-state index in [1.165, 1.54) is 0 Å². The standard InChI is InChI=1S/C14H18N2O3/c15-12-4-2-1-3-11(12)13(17)16-7-5-14(6-8-16)18-9-10-19-14/h1-4H,5-10,15H2. The molecule has 2 N–H and O–H groups in total. The van der Waals surface area contributed by atoms with E-state index in [-0.39, 0.29) is 5.91 Å². The van der Waals surface area contributed by atoms with E-state index in [1.807, 2.05) is 17.0 Å². The number of nitrogen functional groups attached to an aromatic ring is 1. The van der Waals surface area contributed by atoms with Crippen molar-refractivity contribution in [2.75, 3.05) is 32.0 Å². The topological polar surface area (TPSA) is 64.8 Å². The van der Waals surface area contributed by atoms with Gasteiger partial charge in [0.1, 0.15) is 0 Å². The summed E-state index contributed by atoms with van der Waals surface area (Å²) >= 11 is 0. The first-order chi connectivity index (χ1) is 9.20. The number of anilines is 1. The van der Waals surface area contributed by atoms with Gasteiger partial charge in [0, 0.05) is 31.6 Å². The van der Waals surface area contributed by atoms with Gasteiger partial charge in [-0.25, -0.2) is 0 Å². The Morgan fingerprint density at radius 1 is 1.16 bits per heavy atom. The Kier molecular flexibility index (Phi) is 3.16. The predicted molar refractivity (Wildman–Crippen MR) is 70.6 cm³/mol. The van der Waals surface area contributed by atoms with Crippen molar-refractivity contribution in [1.82, 2.24) is 4.90 Å². The van der Waals surface area contributed by atoms with Crippen LogP contribution in [0.5, 0.6) is 0 Å². The molecular formula is C14H18N2O3. The molecule has 0 saturated carbocycles. The van der Waals surface area contributed by atoms with E-state index in [4.69, 9.17) is 15.2 Å². The van der Waals surface area contributed by atoms with Crippen molar-refractivity contribution in [1.29, 1.82) is 0 Å². The second kappa shape index (κ2) is 4.83. The van der Waals surface area contributed by atoms with E-state index in [0.717, 1.165) is 12.8 Å². The van der Waals surface area contributed by atoms with Crippen molar-refractivity contribution in [3.63, 3.8) is 0 Å². The van der Waals surface area contributed by atoms with Gasteiger partial charge in [0.05, 0.1) is 18.8 Å². The molecule has 0 unspecified atom stereocenters. The Morgan fingerprint density at radius 3 is 2.42 bits per heavy atom. The van der Waals surface area contributed by atoms with Crippen molar-refractivity contribution in [2.24, 2.45) is 0 Å². The Bertz CT molecular complexity index is 473. The van der Waals surface area contributed by atoms with Crippen LogP contribution in [0.3, 0.4) is 0 Å². The van der Waals surface area contributed by atoms with E-state index < -0.39 is 5.79 Å². The fraction of sp³-hybridized carbons (Fsp3) is 0.500. The molecule has 5 heteroatoms. The summed E-state index contributed by atoms with van der Waals surface area (Å²) in [5, 5.41) is 0. The van der Waals surface area contributed by atoms with Crippen LogP contribution in [0.1, 0.15) is 23.2 Å². The van der Waals surface area contributed by atoms with Gasteiger partial charge in [0.15, 0.2) is 5.79 Å². The zero-order valence-electron chi connectivity index (χ0n) is 10.8. The third-order valence-electron chi connectivity index (χ3n) is 3.82. The van der Waals surface area contributed by atoms with Gasteiger partial charge in [0.2, 0.25) is 0 Å². The smallest absolute Gasteiger partial charge is 0.255 e. The summed E-state index contributed by atoms with van der Waals surface area (Å²) < 4.78 is 11.3. The molecule has 1 amide bonds. The monoisotopic (exact) mass is 262 g/mol. The van der Waals surface area contributed by atoms with E-state index in [9.17, 15) is 4.79 Å². The summed E-state index contributed by atoms with van der Waals surface area (Å²) in [6.45, 7) is 2.60. The summed E-state index contributed by atoms with van der Waals surface area (Å²) in [5.74, 6) is -0.454. The molecular weight excluding hydrogens is 244 g/mol. The SMILES string of the molecule is Nc1ccccc1C(=O)N1CCC2(CC1)OCCO2. The molecule has 1 spiro atoms. The summed E-state index contributed by atoms with van der Waals surface area (Å²) in [6, 6.07) is 7.18. The maximum atomic E-state index is 12.4.